The summed E-state index contributed by atoms with van der Waals surface area (Å²) < 4.78 is 11.7. The van der Waals surface area contributed by atoms with Crippen molar-refractivity contribution in [3.8, 4) is 5.75 Å². The number of benzene rings is 2. The predicted molar refractivity (Wildman–Crippen MR) is 113 cm³/mol. The zero-order valence-electron chi connectivity index (χ0n) is 17.0. The fourth-order valence-corrected chi connectivity index (χ4v) is 3.87. The van der Waals surface area contributed by atoms with Gasteiger partial charge < -0.3 is 14.1 Å². The monoisotopic (exact) mass is 392 g/mol. The molecule has 0 atom stereocenters. The van der Waals surface area contributed by atoms with Crippen molar-refractivity contribution in [2.75, 3.05) is 19.7 Å². The summed E-state index contributed by atoms with van der Waals surface area (Å²) in [4.78, 5) is 19.1. The van der Waals surface area contributed by atoms with Crippen LogP contribution in [-0.2, 0) is 4.79 Å². The van der Waals surface area contributed by atoms with Gasteiger partial charge in [-0.05, 0) is 62.4 Å². The highest BCUT2D eigenvalue weighted by Crippen LogP contribution is 2.30. The fraction of sp³-hybridized carbons (Fsp3) is 0.417. The minimum atomic E-state index is 0.247. The fourth-order valence-electron chi connectivity index (χ4n) is 3.87. The number of carbonyl (C=O) groups excluding carboxylic acids is 1. The van der Waals surface area contributed by atoms with E-state index in [4.69, 9.17) is 9.15 Å². The predicted octanol–water partition coefficient (Wildman–Crippen LogP) is 5.09. The summed E-state index contributed by atoms with van der Waals surface area (Å²) in [7, 11) is 0. The third kappa shape index (κ3) is 4.97. The van der Waals surface area contributed by atoms with Crippen LogP contribution in [-0.4, -0.2) is 35.5 Å². The number of nitrogens with zero attached hydrogens (tertiary/aromatic N) is 2. The van der Waals surface area contributed by atoms with E-state index < -0.39 is 0 Å². The molecule has 0 unspecified atom stereocenters. The third-order valence-corrected chi connectivity index (χ3v) is 5.55. The first-order chi connectivity index (χ1) is 14.2. The van der Waals surface area contributed by atoms with Crippen LogP contribution in [0.2, 0.25) is 0 Å². The Morgan fingerprint density at radius 1 is 1.14 bits per heavy atom. The van der Waals surface area contributed by atoms with Crippen molar-refractivity contribution in [3.63, 3.8) is 0 Å². The molecular formula is C24H28N2O3. The first-order valence-corrected chi connectivity index (χ1v) is 10.5. The van der Waals surface area contributed by atoms with Crippen molar-refractivity contribution in [3.05, 3.63) is 60.0 Å². The maximum atomic E-state index is 12.5. The molecule has 0 N–H and O–H groups in total. The largest absolute Gasteiger partial charge is 0.494 e. The maximum absolute atomic E-state index is 12.5. The Hall–Kier alpha value is -2.82. The molecule has 5 heteroatoms. The highest BCUT2D eigenvalue weighted by atomic mass is 16.5. The second-order valence-electron chi connectivity index (χ2n) is 7.80. The number of fused-ring (bicyclic) bond motifs is 1. The van der Waals surface area contributed by atoms with Crippen LogP contribution in [0.3, 0.4) is 0 Å². The molecule has 2 aromatic carbocycles. The first kappa shape index (κ1) is 19.5. The normalized spacial score (nSPS) is 15.0. The summed E-state index contributed by atoms with van der Waals surface area (Å²) in [6, 6.07) is 15.9. The Morgan fingerprint density at radius 2 is 1.97 bits per heavy atom. The molecule has 0 bridgehead atoms. The standard InChI is InChI=1S/C24H28N2O3/c1-18-7-6-8-20(17-18)28-16-5-4-11-23(27)26-14-12-19(13-15-26)24-25-21-9-2-3-10-22(21)29-24/h2-3,6-10,17,19H,4-5,11-16H2,1H3. The molecular weight excluding hydrogens is 364 g/mol. The van der Waals surface area contributed by atoms with Crippen molar-refractivity contribution in [1.29, 1.82) is 0 Å². The number of aryl methyl sites for hydroxylation is 1. The summed E-state index contributed by atoms with van der Waals surface area (Å²) in [6.45, 7) is 4.26. The number of hydrogen-bond acceptors (Lipinski definition) is 4. The molecule has 0 radical (unpaired) electrons. The van der Waals surface area contributed by atoms with E-state index >= 15 is 0 Å². The van der Waals surface area contributed by atoms with Crippen LogP contribution in [0.4, 0.5) is 0 Å². The molecule has 0 aliphatic carbocycles. The first-order valence-electron chi connectivity index (χ1n) is 10.5. The van der Waals surface area contributed by atoms with Crippen LogP contribution < -0.4 is 4.74 Å². The molecule has 2 heterocycles. The molecule has 0 spiro atoms. The van der Waals surface area contributed by atoms with Gasteiger partial charge in [0.05, 0.1) is 6.61 Å². The minimum Gasteiger partial charge on any atom is -0.494 e. The topological polar surface area (TPSA) is 55.6 Å². The van der Waals surface area contributed by atoms with Gasteiger partial charge in [0.15, 0.2) is 11.5 Å². The molecule has 29 heavy (non-hydrogen) atoms. The summed E-state index contributed by atoms with van der Waals surface area (Å²) in [5.74, 6) is 2.26. The Balaban J connectivity index is 1.17. The van der Waals surface area contributed by atoms with E-state index in [1.807, 2.05) is 47.4 Å². The maximum Gasteiger partial charge on any atom is 0.222 e. The lowest BCUT2D eigenvalue weighted by atomic mass is 9.96. The van der Waals surface area contributed by atoms with E-state index in [1.54, 1.807) is 0 Å². The lowest BCUT2D eigenvalue weighted by Gasteiger charge is -2.30. The zero-order chi connectivity index (χ0) is 20.1. The SMILES string of the molecule is Cc1cccc(OCCCCC(=O)N2CCC(c3nc4ccccc4o3)CC2)c1. The van der Waals surface area contributed by atoms with E-state index in [9.17, 15) is 4.79 Å². The van der Waals surface area contributed by atoms with Gasteiger partial charge in [-0.15, -0.1) is 0 Å². The van der Waals surface area contributed by atoms with Crippen molar-refractivity contribution in [2.24, 2.45) is 0 Å². The van der Waals surface area contributed by atoms with Gasteiger partial charge in [-0.1, -0.05) is 24.3 Å². The van der Waals surface area contributed by atoms with E-state index in [1.165, 1.54) is 5.56 Å². The molecule has 1 amide bonds. The average Bonchev–Trinajstić information content (AvgIpc) is 3.18. The van der Waals surface area contributed by atoms with Crippen LogP contribution in [0.5, 0.6) is 5.75 Å². The number of para-hydroxylation sites is 2. The molecule has 1 aliphatic rings. The molecule has 152 valence electrons. The molecule has 1 aromatic heterocycles. The number of likely N-dealkylation sites (tertiary alicyclic amines) is 1. The highest BCUT2D eigenvalue weighted by molar-refractivity contribution is 5.76. The highest BCUT2D eigenvalue weighted by Gasteiger charge is 2.26. The van der Waals surface area contributed by atoms with Gasteiger partial charge in [0.1, 0.15) is 11.3 Å². The number of oxazole rings is 1. The molecule has 0 saturated carbocycles. The van der Waals surface area contributed by atoms with E-state index in [-0.39, 0.29) is 5.91 Å². The van der Waals surface area contributed by atoms with Crippen LogP contribution in [0.25, 0.3) is 11.1 Å². The number of carbonyl (C=O) groups is 1. The lowest BCUT2D eigenvalue weighted by Crippen LogP contribution is -2.37. The van der Waals surface area contributed by atoms with Crippen LogP contribution >= 0.6 is 0 Å². The molecule has 3 aromatic rings. The number of unbranched alkanes of at least 4 members (excludes halogenated alkanes) is 1. The smallest absolute Gasteiger partial charge is 0.222 e. The average molecular weight is 392 g/mol. The van der Waals surface area contributed by atoms with Crippen LogP contribution in [0, 0.1) is 6.92 Å². The van der Waals surface area contributed by atoms with Crippen LogP contribution in [0.15, 0.2) is 52.9 Å². The van der Waals surface area contributed by atoms with E-state index in [2.05, 4.69) is 18.0 Å². The molecule has 5 nitrogen and oxygen atoms in total. The van der Waals surface area contributed by atoms with E-state index in [0.29, 0.717) is 18.9 Å². The number of ether oxygens (including phenoxy) is 1. The Labute approximate surface area is 171 Å². The lowest BCUT2D eigenvalue weighted by molar-refractivity contribution is -0.132. The number of aromatic nitrogens is 1. The molecule has 1 saturated heterocycles. The van der Waals surface area contributed by atoms with Gasteiger partial charge in [0, 0.05) is 25.4 Å². The van der Waals surface area contributed by atoms with Crippen molar-refractivity contribution < 1.29 is 13.9 Å². The number of piperidine rings is 1. The molecule has 4 rings (SSSR count). The number of rotatable bonds is 7. The quantitative estimate of drug-likeness (QED) is 0.526. The molecule has 1 aliphatic heterocycles. The Morgan fingerprint density at radius 3 is 2.76 bits per heavy atom. The van der Waals surface area contributed by atoms with Gasteiger partial charge in [0.2, 0.25) is 5.91 Å². The van der Waals surface area contributed by atoms with Crippen LogP contribution in [0.1, 0.15) is 49.5 Å². The minimum absolute atomic E-state index is 0.247. The summed E-state index contributed by atoms with van der Waals surface area (Å²) >= 11 is 0. The third-order valence-electron chi connectivity index (χ3n) is 5.55. The van der Waals surface area contributed by atoms with Gasteiger partial charge in [0.25, 0.3) is 0 Å². The van der Waals surface area contributed by atoms with Gasteiger partial charge >= 0.3 is 0 Å². The van der Waals surface area contributed by atoms with Gasteiger partial charge in [-0.25, -0.2) is 4.98 Å². The Bertz CT molecular complexity index is 924. The summed E-state index contributed by atoms with van der Waals surface area (Å²) in [5, 5.41) is 0. The van der Waals surface area contributed by atoms with Crippen molar-refractivity contribution in [1.82, 2.24) is 9.88 Å². The van der Waals surface area contributed by atoms with Crippen molar-refractivity contribution >= 4 is 17.0 Å². The second-order valence-corrected chi connectivity index (χ2v) is 7.80. The summed E-state index contributed by atoms with van der Waals surface area (Å²) in [5.41, 5.74) is 2.95. The Kier molecular flexibility index (Phi) is 6.13. The number of amides is 1. The van der Waals surface area contributed by atoms with Crippen molar-refractivity contribution in [2.45, 2.75) is 44.9 Å². The number of hydrogen-bond donors (Lipinski definition) is 0. The van der Waals surface area contributed by atoms with Gasteiger partial charge in [-0.2, -0.15) is 0 Å². The van der Waals surface area contributed by atoms with E-state index in [0.717, 1.165) is 61.5 Å². The zero-order valence-corrected chi connectivity index (χ0v) is 17.0. The molecule has 1 fully saturated rings. The summed E-state index contributed by atoms with van der Waals surface area (Å²) in [6.07, 6.45) is 4.16. The second kappa shape index (κ2) is 9.12. The van der Waals surface area contributed by atoms with Gasteiger partial charge in [-0.3, -0.25) is 4.79 Å².